The van der Waals surface area contributed by atoms with Crippen molar-refractivity contribution in [3.8, 4) is 0 Å². The molecule has 6 heteroatoms. The lowest BCUT2D eigenvalue weighted by Gasteiger charge is -2.27. The molecule has 2 aromatic rings. The molecule has 2 N–H and O–H groups in total. The number of benzene rings is 1. The first-order chi connectivity index (χ1) is 11.6. The van der Waals surface area contributed by atoms with Crippen LogP contribution in [-0.4, -0.2) is 37.4 Å². The molecule has 2 atom stereocenters. The predicted octanol–water partition coefficient (Wildman–Crippen LogP) is 2.59. The third-order valence-electron chi connectivity index (χ3n) is 4.34. The Morgan fingerprint density at radius 3 is 2.88 bits per heavy atom. The van der Waals surface area contributed by atoms with Crippen molar-refractivity contribution in [2.75, 3.05) is 26.0 Å². The fourth-order valence-electron chi connectivity index (χ4n) is 3.03. The number of anilines is 1. The van der Waals surface area contributed by atoms with Crippen LogP contribution >= 0.6 is 11.3 Å². The minimum atomic E-state index is -0.430. The summed E-state index contributed by atoms with van der Waals surface area (Å²) in [5.74, 6) is -0.643. The maximum absolute atomic E-state index is 12.7. The lowest BCUT2D eigenvalue weighted by Crippen LogP contribution is -2.39. The van der Waals surface area contributed by atoms with Crippen molar-refractivity contribution >= 4 is 28.8 Å². The zero-order valence-corrected chi connectivity index (χ0v) is 14.6. The highest BCUT2D eigenvalue weighted by Gasteiger charge is 2.30. The molecule has 0 aliphatic carbocycles. The number of hydrogen-bond acceptors (Lipinski definition) is 4. The highest BCUT2D eigenvalue weighted by atomic mass is 32.1. The predicted molar refractivity (Wildman–Crippen MR) is 96.2 cm³/mol. The van der Waals surface area contributed by atoms with Gasteiger partial charge < -0.3 is 15.5 Å². The van der Waals surface area contributed by atoms with Gasteiger partial charge in [0.2, 0.25) is 11.8 Å². The Labute approximate surface area is 145 Å². The average Bonchev–Trinajstić information content (AvgIpc) is 3.07. The van der Waals surface area contributed by atoms with E-state index in [4.69, 9.17) is 0 Å². The third-order valence-corrected chi connectivity index (χ3v) is 5.04. The Morgan fingerprint density at radius 1 is 1.38 bits per heavy atom. The molecular formula is C18H21N3O2S. The van der Waals surface area contributed by atoms with Gasteiger partial charge in [-0.2, -0.15) is 11.3 Å². The normalized spacial score (nSPS) is 18.0. The third kappa shape index (κ3) is 3.49. The first-order valence-corrected chi connectivity index (χ1v) is 8.85. The van der Waals surface area contributed by atoms with E-state index >= 15 is 0 Å². The monoisotopic (exact) mass is 343 g/mol. The topological polar surface area (TPSA) is 61.4 Å². The van der Waals surface area contributed by atoms with Crippen molar-refractivity contribution in [3.63, 3.8) is 0 Å². The Kier molecular flexibility index (Phi) is 4.97. The second-order valence-corrected chi connectivity index (χ2v) is 6.95. The number of rotatable bonds is 5. The molecule has 0 spiro atoms. The smallest absolute Gasteiger partial charge is 0.228 e. The number of thiophene rings is 1. The van der Waals surface area contributed by atoms with E-state index in [-0.39, 0.29) is 24.3 Å². The molecule has 0 radical (unpaired) electrons. The van der Waals surface area contributed by atoms with Gasteiger partial charge in [-0.3, -0.25) is 9.59 Å². The lowest BCUT2D eigenvalue weighted by molar-refractivity contribution is -0.126. The second kappa shape index (κ2) is 7.15. The maximum Gasteiger partial charge on any atom is 0.228 e. The van der Waals surface area contributed by atoms with Gasteiger partial charge in [0.25, 0.3) is 0 Å². The number of fused-ring (bicyclic) bond motifs is 1. The minimum Gasteiger partial charge on any atom is -0.354 e. The van der Waals surface area contributed by atoms with E-state index in [0.717, 1.165) is 11.3 Å². The van der Waals surface area contributed by atoms with Crippen LogP contribution in [0.1, 0.15) is 29.5 Å². The van der Waals surface area contributed by atoms with Crippen molar-refractivity contribution in [1.29, 1.82) is 0 Å². The van der Waals surface area contributed by atoms with Crippen LogP contribution in [-0.2, 0) is 9.59 Å². The van der Waals surface area contributed by atoms with E-state index in [1.165, 1.54) is 5.56 Å². The molecular weight excluding hydrogens is 322 g/mol. The molecule has 0 saturated carbocycles. The van der Waals surface area contributed by atoms with Gasteiger partial charge in [0.15, 0.2) is 0 Å². The molecule has 2 heterocycles. The molecule has 0 bridgehead atoms. The van der Waals surface area contributed by atoms with Crippen LogP contribution in [0.15, 0.2) is 41.1 Å². The molecule has 5 nitrogen and oxygen atoms in total. The Morgan fingerprint density at radius 2 is 2.17 bits per heavy atom. The van der Waals surface area contributed by atoms with E-state index in [9.17, 15) is 9.59 Å². The fourth-order valence-corrected chi connectivity index (χ4v) is 3.74. The molecule has 3 rings (SSSR count). The fraction of sp³-hybridized carbons (Fsp3) is 0.333. The number of nitrogens with one attached hydrogen (secondary N) is 2. The van der Waals surface area contributed by atoms with Gasteiger partial charge in [-0.05, 0) is 48.1 Å². The summed E-state index contributed by atoms with van der Waals surface area (Å²) in [6, 6.07) is 9.68. The Hall–Kier alpha value is -2.18. The van der Waals surface area contributed by atoms with E-state index in [1.807, 2.05) is 43.7 Å². The van der Waals surface area contributed by atoms with Crippen molar-refractivity contribution in [3.05, 3.63) is 52.2 Å². The largest absolute Gasteiger partial charge is 0.354 e. The highest BCUT2D eigenvalue weighted by molar-refractivity contribution is 7.07. The van der Waals surface area contributed by atoms with Gasteiger partial charge in [0, 0.05) is 18.7 Å². The van der Waals surface area contributed by atoms with Crippen LogP contribution in [0.3, 0.4) is 0 Å². The van der Waals surface area contributed by atoms with Crippen LogP contribution in [0.25, 0.3) is 0 Å². The number of carbonyl (C=O) groups excluding carboxylic acids is 2. The van der Waals surface area contributed by atoms with Crippen LogP contribution in [0.4, 0.5) is 5.69 Å². The van der Waals surface area contributed by atoms with Crippen molar-refractivity contribution in [2.45, 2.75) is 18.4 Å². The number of amides is 2. The van der Waals surface area contributed by atoms with E-state index in [0.29, 0.717) is 6.54 Å². The minimum absolute atomic E-state index is 0.0978. The first-order valence-electron chi connectivity index (χ1n) is 7.91. The van der Waals surface area contributed by atoms with Gasteiger partial charge in [0.05, 0.1) is 12.0 Å². The summed E-state index contributed by atoms with van der Waals surface area (Å²) < 4.78 is 0. The summed E-state index contributed by atoms with van der Waals surface area (Å²) in [4.78, 5) is 26.7. The second-order valence-electron chi connectivity index (χ2n) is 6.17. The van der Waals surface area contributed by atoms with Crippen LogP contribution in [0.5, 0.6) is 0 Å². The molecule has 2 amide bonds. The number of hydrogen-bond donors (Lipinski definition) is 2. The molecule has 1 aromatic heterocycles. The Bertz CT molecular complexity index is 728. The van der Waals surface area contributed by atoms with Crippen LogP contribution < -0.4 is 10.6 Å². The van der Waals surface area contributed by atoms with Gasteiger partial charge >= 0.3 is 0 Å². The average molecular weight is 343 g/mol. The number of para-hydroxylation sites is 1. The number of likely N-dealkylation sites (N-methyl/N-ethyl adjacent to an activating group) is 1. The van der Waals surface area contributed by atoms with Gasteiger partial charge in [0.1, 0.15) is 0 Å². The SMILES string of the molecule is CN(C)C(CNC(=O)C1CC(=O)Nc2ccccc21)c1ccsc1. The summed E-state index contributed by atoms with van der Waals surface area (Å²) in [5.41, 5.74) is 2.80. The molecule has 0 saturated heterocycles. The van der Waals surface area contributed by atoms with Gasteiger partial charge in [-0.15, -0.1) is 0 Å². The van der Waals surface area contributed by atoms with Crippen molar-refractivity contribution in [1.82, 2.24) is 10.2 Å². The standard InChI is InChI=1S/C18H21N3O2S/c1-21(2)16(12-7-8-24-11-12)10-19-18(23)14-9-17(22)20-15-6-4-3-5-13(14)15/h3-8,11,14,16H,9-10H2,1-2H3,(H,19,23)(H,20,22). The van der Waals surface area contributed by atoms with E-state index in [2.05, 4.69) is 27.0 Å². The Balaban J connectivity index is 1.72. The summed E-state index contributed by atoms with van der Waals surface area (Å²) in [5, 5.41) is 9.99. The number of nitrogens with zero attached hydrogens (tertiary/aromatic N) is 1. The van der Waals surface area contributed by atoms with Crippen LogP contribution in [0, 0.1) is 0 Å². The van der Waals surface area contributed by atoms with Gasteiger partial charge in [-0.25, -0.2) is 0 Å². The summed E-state index contributed by atoms with van der Waals surface area (Å²) in [6.07, 6.45) is 0.188. The molecule has 1 aliphatic heterocycles. The summed E-state index contributed by atoms with van der Waals surface area (Å²) in [7, 11) is 4.00. The van der Waals surface area contributed by atoms with Crippen molar-refractivity contribution in [2.24, 2.45) is 0 Å². The molecule has 126 valence electrons. The zero-order valence-electron chi connectivity index (χ0n) is 13.8. The van der Waals surface area contributed by atoms with Crippen LogP contribution in [0.2, 0.25) is 0 Å². The highest BCUT2D eigenvalue weighted by Crippen LogP contribution is 2.32. The lowest BCUT2D eigenvalue weighted by atomic mass is 9.89. The molecule has 1 aliphatic rings. The molecule has 24 heavy (non-hydrogen) atoms. The first kappa shape index (κ1) is 16.7. The molecule has 1 aromatic carbocycles. The van der Waals surface area contributed by atoms with E-state index in [1.54, 1.807) is 11.3 Å². The zero-order chi connectivity index (χ0) is 17.1. The van der Waals surface area contributed by atoms with E-state index < -0.39 is 5.92 Å². The maximum atomic E-state index is 12.7. The molecule has 0 fully saturated rings. The molecule has 2 unspecified atom stereocenters. The summed E-state index contributed by atoms with van der Waals surface area (Å²) >= 11 is 1.65. The number of carbonyl (C=O) groups is 2. The van der Waals surface area contributed by atoms with Gasteiger partial charge in [-0.1, -0.05) is 18.2 Å². The van der Waals surface area contributed by atoms with Crippen molar-refractivity contribution < 1.29 is 9.59 Å². The quantitative estimate of drug-likeness (QED) is 0.877. The summed E-state index contributed by atoms with van der Waals surface area (Å²) in [6.45, 7) is 0.517.